The quantitative estimate of drug-likeness (QED) is 0.626. The number of nitrogens with two attached hydrogens (primary N) is 1. The monoisotopic (exact) mass is 257 g/mol. The van der Waals surface area contributed by atoms with Crippen molar-refractivity contribution in [2.45, 2.75) is 33.1 Å². The zero-order chi connectivity index (χ0) is 14.3. The number of benzene rings is 1. The highest BCUT2D eigenvalue weighted by molar-refractivity contribution is 5.53. The molecule has 1 aromatic carbocycles. The fourth-order valence-electron chi connectivity index (χ4n) is 1.67. The summed E-state index contributed by atoms with van der Waals surface area (Å²) in [5.74, 6) is 0.566. The summed E-state index contributed by atoms with van der Waals surface area (Å²) in [5, 5.41) is 17.9. The second kappa shape index (κ2) is 6.66. The molecule has 2 N–H and O–H groups in total. The van der Waals surface area contributed by atoms with Gasteiger partial charge in [-0.3, -0.25) is 0 Å². The average molecular weight is 257 g/mol. The fraction of sp³-hybridized carbons (Fsp3) is 0.467. The van der Waals surface area contributed by atoms with Gasteiger partial charge in [0.15, 0.2) is 0 Å². The highest BCUT2D eigenvalue weighted by Gasteiger charge is 2.15. The molecule has 0 aromatic heterocycles. The molecule has 4 heteroatoms. The lowest BCUT2D eigenvalue weighted by molar-refractivity contribution is 0.294. The number of nitrogen functional groups attached to an aromatic ring is 1. The molecule has 0 amide bonds. The molecule has 1 rings (SSSR count). The summed E-state index contributed by atoms with van der Waals surface area (Å²) >= 11 is 0. The Balaban J connectivity index is 2.39. The summed E-state index contributed by atoms with van der Waals surface area (Å²) < 4.78 is 5.57. The summed E-state index contributed by atoms with van der Waals surface area (Å²) in [6, 6.07) is 9.38. The van der Waals surface area contributed by atoms with Gasteiger partial charge in [-0.15, -0.1) is 0 Å². The van der Waals surface area contributed by atoms with E-state index < -0.39 is 0 Å². The molecule has 0 aliphatic carbocycles. The third-order valence-electron chi connectivity index (χ3n) is 2.88. The largest absolute Gasteiger partial charge is 0.492 e. The van der Waals surface area contributed by atoms with Crippen molar-refractivity contribution in [1.29, 1.82) is 10.5 Å². The van der Waals surface area contributed by atoms with E-state index in [-0.39, 0.29) is 5.41 Å². The number of unbranched alkanes of at least 4 members (excludes halogenated alkanes) is 1. The molecule has 0 saturated heterocycles. The minimum atomic E-state index is -0.279. The maximum absolute atomic E-state index is 8.96. The number of hydrogen-bond acceptors (Lipinski definition) is 4. The lowest BCUT2D eigenvalue weighted by Gasteiger charge is -2.14. The van der Waals surface area contributed by atoms with Crippen molar-refractivity contribution in [3.63, 3.8) is 0 Å². The predicted octanol–water partition coefficient (Wildman–Crippen LogP) is 3.24. The lowest BCUT2D eigenvalue weighted by Crippen LogP contribution is -2.08. The van der Waals surface area contributed by atoms with Crippen molar-refractivity contribution in [3.05, 3.63) is 23.8 Å². The number of hydrogen-bond donors (Lipinski definition) is 1. The van der Waals surface area contributed by atoms with Crippen LogP contribution in [0.5, 0.6) is 5.75 Å². The molecule has 0 unspecified atom stereocenters. The Labute approximate surface area is 114 Å². The summed E-state index contributed by atoms with van der Waals surface area (Å²) in [4.78, 5) is 0. The van der Waals surface area contributed by atoms with Gasteiger partial charge in [-0.1, -0.05) is 0 Å². The minimum Gasteiger partial charge on any atom is -0.492 e. The van der Waals surface area contributed by atoms with Gasteiger partial charge in [0.05, 0.1) is 23.7 Å². The van der Waals surface area contributed by atoms with E-state index in [1.165, 1.54) is 0 Å². The highest BCUT2D eigenvalue weighted by Crippen LogP contribution is 2.23. The molecule has 0 spiro atoms. The molecule has 0 aliphatic heterocycles. The number of nitrogens with zero attached hydrogens (tertiary/aromatic N) is 2. The molecule has 0 radical (unpaired) electrons. The highest BCUT2D eigenvalue weighted by atomic mass is 16.5. The van der Waals surface area contributed by atoms with Gasteiger partial charge in [0.2, 0.25) is 0 Å². The predicted molar refractivity (Wildman–Crippen MR) is 74.3 cm³/mol. The van der Waals surface area contributed by atoms with Crippen molar-refractivity contribution >= 4 is 5.69 Å². The molecule has 100 valence electrons. The molecule has 0 atom stereocenters. The van der Waals surface area contributed by atoms with Gasteiger partial charge < -0.3 is 10.5 Å². The fourth-order valence-corrected chi connectivity index (χ4v) is 1.67. The third-order valence-corrected chi connectivity index (χ3v) is 2.88. The van der Waals surface area contributed by atoms with Gasteiger partial charge in [0.1, 0.15) is 11.8 Å². The summed E-state index contributed by atoms with van der Waals surface area (Å²) in [5.41, 5.74) is 6.34. The van der Waals surface area contributed by atoms with Crippen LogP contribution in [0.4, 0.5) is 5.69 Å². The zero-order valence-electron chi connectivity index (χ0n) is 11.4. The Morgan fingerprint density at radius 2 is 2.00 bits per heavy atom. The van der Waals surface area contributed by atoms with Crippen LogP contribution < -0.4 is 10.5 Å². The van der Waals surface area contributed by atoms with Crippen molar-refractivity contribution in [2.75, 3.05) is 12.3 Å². The first-order chi connectivity index (χ1) is 8.98. The second-order valence-electron chi connectivity index (χ2n) is 5.17. The number of ether oxygens (including phenoxy) is 1. The van der Waals surface area contributed by atoms with Gasteiger partial charge in [-0.2, -0.15) is 10.5 Å². The average Bonchev–Trinajstić information content (AvgIpc) is 2.39. The van der Waals surface area contributed by atoms with E-state index in [1.54, 1.807) is 18.2 Å². The molecule has 4 nitrogen and oxygen atoms in total. The summed E-state index contributed by atoms with van der Waals surface area (Å²) in [6.45, 7) is 4.41. The Morgan fingerprint density at radius 3 is 2.63 bits per heavy atom. The van der Waals surface area contributed by atoms with Crippen LogP contribution in [0.2, 0.25) is 0 Å². The summed E-state index contributed by atoms with van der Waals surface area (Å²) in [6.07, 6.45) is 2.64. The van der Waals surface area contributed by atoms with Crippen LogP contribution in [-0.4, -0.2) is 6.61 Å². The van der Waals surface area contributed by atoms with E-state index in [9.17, 15) is 0 Å². The van der Waals surface area contributed by atoms with Crippen LogP contribution in [0.25, 0.3) is 0 Å². The van der Waals surface area contributed by atoms with Crippen LogP contribution in [0.15, 0.2) is 18.2 Å². The van der Waals surface area contributed by atoms with Crippen molar-refractivity contribution < 1.29 is 4.74 Å². The lowest BCUT2D eigenvalue weighted by atomic mass is 9.89. The third kappa shape index (κ3) is 4.89. The van der Waals surface area contributed by atoms with Crippen molar-refractivity contribution in [1.82, 2.24) is 0 Å². The van der Waals surface area contributed by atoms with Crippen LogP contribution in [0, 0.1) is 28.1 Å². The number of anilines is 1. The van der Waals surface area contributed by atoms with Crippen LogP contribution >= 0.6 is 0 Å². The van der Waals surface area contributed by atoms with E-state index >= 15 is 0 Å². The Morgan fingerprint density at radius 1 is 1.26 bits per heavy atom. The Hall–Kier alpha value is -2.20. The van der Waals surface area contributed by atoms with E-state index in [0.29, 0.717) is 23.6 Å². The molecular weight excluding hydrogens is 238 g/mol. The van der Waals surface area contributed by atoms with Crippen LogP contribution in [-0.2, 0) is 0 Å². The van der Waals surface area contributed by atoms with Crippen LogP contribution in [0.3, 0.4) is 0 Å². The van der Waals surface area contributed by atoms with Gasteiger partial charge in [0.25, 0.3) is 0 Å². The first-order valence-electron chi connectivity index (χ1n) is 6.32. The smallest absolute Gasteiger partial charge is 0.137 e. The van der Waals surface area contributed by atoms with Gasteiger partial charge in [-0.25, -0.2) is 0 Å². The molecule has 0 fully saturated rings. The molecule has 0 heterocycles. The van der Waals surface area contributed by atoms with E-state index in [2.05, 4.69) is 12.1 Å². The summed E-state index contributed by atoms with van der Waals surface area (Å²) in [7, 11) is 0. The van der Waals surface area contributed by atoms with Gasteiger partial charge in [-0.05, 0) is 51.3 Å². The molecule has 19 heavy (non-hydrogen) atoms. The first-order valence-corrected chi connectivity index (χ1v) is 6.32. The zero-order valence-corrected chi connectivity index (χ0v) is 11.4. The molecule has 0 saturated carbocycles. The standard InChI is InChI=1S/C15H19N3O/c1-15(2,11-17)7-3-4-8-19-14-6-5-13(18)9-12(14)10-16/h5-6,9H,3-4,7-8,18H2,1-2H3. The van der Waals surface area contributed by atoms with Gasteiger partial charge in [0, 0.05) is 5.69 Å². The maximum atomic E-state index is 8.96. The molecular formula is C15H19N3O. The maximum Gasteiger partial charge on any atom is 0.137 e. The number of rotatable bonds is 6. The van der Waals surface area contributed by atoms with Crippen LogP contribution in [0.1, 0.15) is 38.7 Å². The normalized spacial score (nSPS) is 10.5. The number of nitriles is 2. The Kier molecular flexibility index (Phi) is 5.21. The van der Waals surface area contributed by atoms with E-state index in [1.807, 2.05) is 13.8 Å². The van der Waals surface area contributed by atoms with Crippen molar-refractivity contribution in [2.24, 2.45) is 5.41 Å². The van der Waals surface area contributed by atoms with E-state index in [0.717, 1.165) is 19.3 Å². The first kappa shape index (κ1) is 14.9. The van der Waals surface area contributed by atoms with Crippen molar-refractivity contribution in [3.8, 4) is 17.9 Å². The topological polar surface area (TPSA) is 82.8 Å². The van der Waals surface area contributed by atoms with E-state index in [4.69, 9.17) is 21.0 Å². The molecule has 0 aliphatic rings. The Bertz CT molecular complexity index is 509. The second-order valence-corrected chi connectivity index (χ2v) is 5.17. The molecule has 1 aromatic rings. The minimum absolute atomic E-state index is 0.279. The van der Waals surface area contributed by atoms with Gasteiger partial charge >= 0.3 is 0 Å². The molecule has 0 bridgehead atoms. The SMILES string of the molecule is CC(C)(C#N)CCCCOc1ccc(N)cc1C#N.